The lowest BCUT2D eigenvalue weighted by atomic mass is 9.91. The number of hydrogen-bond acceptors (Lipinski definition) is 2. The molecule has 2 nitrogen and oxygen atoms in total. The Hall–Kier alpha value is -0.550. The highest BCUT2D eigenvalue weighted by Crippen LogP contribution is 2.24. The zero-order valence-corrected chi connectivity index (χ0v) is 6.67. The normalized spacial score (nSPS) is 21.8. The fourth-order valence-electron chi connectivity index (χ4n) is 1.20. The summed E-state index contributed by atoms with van der Waals surface area (Å²) >= 11 is 0. The Labute approximate surface area is 62.4 Å². The maximum atomic E-state index is 8.58. The number of hydrogen-bond donors (Lipinski definition) is 0. The van der Waals surface area contributed by atoms with Crippen molar-refractivity contribution in [3.05, 3.63) is 0 Å². The van der Waals surface area contributed by atoms with Crippen molar-refractivity contribution in [1.29, 1.82) is 5.26 Å². The third-order valence-corrected chi connectivity index (χ3v) is 2.45. The Bertz CT molecular complexity index is 144. The Morgan fingerprint density at radius 2 is 2.20 bits per heavy atom. The van der Waals surface area contributed by atoms with Crippen LogP contribution in [0.15, 0.2) is 0 Å². The zero-order chi connectivity index (χ0) is 7.56. The summed E-state index contributed by atoms with van der Waals surface area (Å²) in [6.07, 6.45) is 3.90. The van der Waals surface area contributed by atoms with E-state index in [0.29, 0.717) is 6.04 Å². The topological polar surface area (TPSA) is 27.0 Å². The molecule has 0 amide bonds. The van der Waals surface area contributed by atoms with E-state index in [1.165, 1.54) is 19.3 Å². The second-order valence-corrected chi connectivity index (χ2v) is 3.06. The van der Waals surface area contributed by atoms with E-state index in [2.05, 4.69) is 11.0 Å². The first-order chi connectivity index (χ1) is 4.75. The van der Waals surface area contributed by atoms with E-state index in [1.54, 1.807) is 0 Å². The van der Waals surface area contributed by atoms with E-state index in [4.69, 9.17) is 5.26 Å². The Morgan fingerprint density at radius 1 is 1.60 bits per heavy atom. The summed E-state index contributed by atoms with van der Waals surface area (Å²) in [6, 6.07) is 3.02. The molecule has 0 aromatic carbocycles. The summed E-state index contributed by atoms with van der Waals surface area (Å²) in [5.41, 5.74) is 0. The van der Waals surface area contributed by atoms with Crippen molar-refractivity contribution < 1.29 is 0 Å². The van der Waals surface area contributed by atoms with E-state index >= 15 is 0 Å². The second-order valence-electron chi connectivity index (χ2n) is 3.06. The average molecular weight is 138 g/mol. The summed E-state index contributed by atoms with van der Waals surface area (Å²) in [5.74, 6) is 0. The van der Waals surface area contributed by atoms with Gasteiger partial charge in [0, 0.05) is 6.04 Å². The van der Waals surface area contributed by atoms with Crippen LogP contribution < -0.4 is 0 Å². The Morgan fingerprint density at radius 3 is 2.50 bits per heavy atom. The fraction of sp³-hybridized carbons (Fsp3) is 0.875. The molecule has 1 fully saturated rings. The zero-order valence-electron chi connectivity index (χ0n) is 6.67. The summed E-state index contributed by atoms with van der Waals surface area (Å²) in [6.45, 7) is 1.96. The monoisotopic (exact) mass is 138 g/mol. The largest absolute Gasteiger partial charge is 0.288 e. The molecular weight excluding hydrogens is 124 g/mol. The van der Waals surface area contributed by atoms with Gasteiger partial charge in [0.1, 0.15) is 0 Å². The van der Waals surface area contributed by atoms with Gasteiger partial charge in [-0.15, -0.1) is 0 Å². The predicted octanol–water partition coefficient (Wildman–Crippen LogP) is 1.38. The van der Waals surface area contributed by atoms with Gasteiger partial charge in [0.05, 0.1) is 12.1 Å². The maximum absolute atomic E-state index is 8.58. The summed E-state index contributed by atoms with van der Waals surface area (Å²) in [7, 11) is 2.04. The number of nitrogens with zero attached hydrogens (tertiary/aromatic N) is 2. The van der Waals surface area contributed by atoms with Crippen LogP contribution in [-0.4, -0.2) is 24.0 Å². The summed E-state index contributed by atoms with van der Waals surface area (Å²) < 4.78 is 0. The van der Waals surface area contributed by atoms with Crippen LogP contribution in [0.4, 0.5) is 0 Å². The molecule has 0 radical (unpaired) electrons. The summed E-state index contributed by atoms with van der Waals surface area (Å²) in [5, 5.41) is 8.58. The van der Waals surface area contributed by atoms with Gasteiger partial charge < -0.3 is 0 Å². The van der Waals surface area contributed by atoms with Gasteiger partial charge in [0.15, 0.2) is 0 Å². The molecule has 0 aromatic rings. The molecule has 1 aliphatic carbocycles. The van der Waals surface area contributed by atoms with E-state index in [0.717, 1.165) is 0 Å². The number of nitriles is 1. The third kappa shape index (κ3) is 1.30. The molecule has 0 heterocycles. The lowest BCUT2D eigenvalue weighted by Crippen LogP contribution is -2.41. The van der Waals surface area contributed by atoms with Crippen LogP contribution in [-0.2, 0) is 0 Å². The molecule has 0 bridgehead atoms. The van der Waals surface area contributed by atoms with Gasteiger partial charge in [0.25, 0.3) is 0 Å². The lowest BCUT2D eigenvalue weighted by Gasteiger charge is -2.36. The quantitative estimate of drug-likeness (QED) is 0.576. The molecule has 0 saturated heterocycles. The van der Waals surface area contributed by atoms with Crippen molar-refractivity contribution in [1.82, 2.24) is 4.90 Å². The van der Waals surface area contributed by atoms with E-state index in [-0.39, 0.29) is 6.04 Å². The van der Waals surface area contributed by atoms with Gasteiger partial charge in [-0.1, -0.05) is 6.42 Å². The van der Waals surface area contributed by atoms with Gasteiger partial charge in [-0.2, -0.15) is 5.26 Å². The van der Waals surface area contributed by atoms with Crippen LogP contribution in [0, 0.1) is 11.3 Å². The highest BCUT2D eigenvalue weighted by Gasteiger charge is 2.24. The van der Waals surface area contributed by atoms with Gasteiger partial charge in [-0.05, 0) is 26.8 Å². The SMILES string of the molecule is CC(C#N)N(C)C1CCC1. The first-order valence-corrected chi connectivity index (χ1v) is 3.87. The van der Waals surface area contributed by atoms with Crippen molar-refractivity contribution in [3.63, 3.8) is 0 Å². The average Bonchev–Trinajstić information content (AvgIpc) is 1.82. The van der Waals surface area contributed by atoms with Gasteiger partial charge in [0.2, 0.25) is 0 Å². The predicted molar refractivity (Wildman–Crippen MR) is 40.5 cm³/mol. The minimum absolute atomic E-state index is 0.0882. The number of rotatable bonds is 2. The third-order valence-electron chi connectivity index (χ3n) is 2.45. The van der Waals surface area contributed by atoms with Gasteiger partial charge >= 0.3 is 0 Å². The molecule has 0 aromatic heterocycles. The maximum Gasteiger partial charge on any atom is 0.0949 e. The van der Waals surface area contributed by atoms with Crippen LogP contribution in [0.3, 0.4) is 0 Å². The molecule has 1 unspecified atom stereocenters. The van der Waals surface area contributed by atoms with E-state index < -0.39 is 0 Å². The first-order valence-electron chi connectivity index (χ1n) is 3.87. The minimum atomic E-state index is 0.0882. The standard InChI is InChI=1S/C8H14N2/c1-7(6-9)10(2)8-4-3-5-8/h7-8H,3-5H2,1-2H3. The van der Waals surface area contributed by atoms with Crippen molar-refractivity contribution in [3.8, 4) is 6.07 Å². The molecular formula is C8H14N2. The fourth-order valence-corrected chi connectivity index (χ4v) is 1.20. The molecule has 56 valence electrons. The van der Waals surface area contributed by atoms with Crippen LogP contribution >= 0.6 is 0 Å². The van der Waals surface area contributed by atoms with Crippen LogP contribution in [0.1, 0.15) is 26.2 Å². The smallest absolute Gasteiger partial charge is 0.0949 e. The molecule has 0 spiro atoms. The van der Waals surface area contributed by atoms with Crippen molar-refractivity contribution in [2.45, 2.75) is 38.3 Å². The van der Waals surface area contributed by atoms with Crippen molar-refractivity contribution in [2.24, 2.45) is 0 Å². The molecule has 0 aliphatic heterocycles. The van der Waals surface area contributed by atoms with Gasteiger partial charge in [-0.25, -0.2) is 0 Å². The molecule has 2 heteroatoms. The Kier molecular flexibility index (Phi) is 2.29. The van der Waals surface area contributed by atoms with E-state index in [9.17, 15) is 0 Å². The van der Waals surface area contributed by atoms with Crippen LogP contribution in [0.2, 0.25) is 0 Å². The minimum Gasteiger partial charge on any atom is -0.288 e. The van der Waals surface area contributed by atoms with Crippen molar-refractivity contribution >= 4 is 0 Å². The molecule has 1 saturated carbocycles. The first kappa shape index (κ1) is 7.56. The molecule has 1 rings (SSSR count). The summed E-state index contributed by atoms with van der Waals surface area (Å²) in [4.78, 5) is 2.17. The molecule has 0 N–H and O–H groups in total. The van der Waals surface area contributed by atoms with Gasteiger partial charge in [-0.3, -0.25) is 4.90 Å². The van der Waals surface area contributed by atoms with E-state index in [1.807, 2.05) is 14.0 Å². The highest BCUT2D eigenvalue weighted by molar-refractivity contribution is 4.91. The molecule has 1 aliphatic rings. The van der Waals surface area contributed by atoms with Crippen LogP contribution in [0.5, 0.6) is 0 Å². The second kappa shape index (κ2) is 3.03. The molecule has 1 atom stereocenters. The van der Waals surface area contributed by atoms with Crippen LogP contribution in [0.25, 0.3) is 0 Å². The lowest BCUT2D eigenvalue weighted by molar-refractivity contribution is 0.141. The molecule has 10 heavy (non-hydrogen) atoms. The highest BCUT2D eigenvalue weighted by atomic mass is 15.2. The van der Waals surface area contributed by atoms with Crippen molar-refractivity contribution in [2.75, 3.05) is 7.05 Å². The Balaban J connectivity index is 2.33.